The molecule has 0 amide bonds. The number of carbonyl (C=O) groups excluding carboxylic acids is 1. The quantitative estimate of drug-likeness (QED) is 0.539. The van der Waals surface area contributed by atoms with Crippen molar-refractivity contribution < 1.29 is 13.2 Å². The van der Waals surface area contributed by atoms with Crippen molar-refractivity contribution in [3.63, 3.8) is 0 Å². The van der Waals surface area contributed by atoms with E-state index in [1.165, 1.54) is 23.5 Å². The first-order valence-corrected chi connectivity index (χ1v) is 10.8. The van der Waals surface area contributed by atoms with Crippen LogP contribution in [-0.2, 0) is 10.0 Å². The summed E-state index contributed by atoms with van der Waals surface area (Å²) in [6.07, 6.45) is 9.25. The third kappa shape index (κ3) is 3.96. The van der Waals surface area contributed by atoms with E-state index in [9.17, 15) is 13.2 Å². The van der Waals surface area contributed by atoms with Gasteiger partial charge in [-0.25, -0.2) is 8.42 Å². The van der Waals surface area contributed by atoms with Crippen LogP contribution in [0.4, 0.5) is 0 Å². The smallest absolute Gasteiger partial charge is 0.243 e. The molecule has 134 valence electrons. The maximum absolute atomic E-state index is 12.8. The summed E-state index contributed by atoms with van der Waals surface area (Å²) in [4.78, 5) is 11.6. The number of halogens is 1. The van der Waals surface area contributed by atoms with Crippen LogP contribution in [0.3, 0.4) is 0 Å². The van der Waals surface area contributed by atoms with E-state index in [1.807, 2.05) is 0 Å². The van der Waals surface area contributed by atoms with Crippen molar-refractivity contribution in [2.24, 2.45) is 11.8 Å². The summed E-state index contributed by atoms with van der Waals surface area (Å²) in [5, 5.41) is 0. The van der Waals surface area contributed by atoms with Crippen LogP contribution in [0.5, 0.6) is 0 Å². The van der Waals surface area contributed by atoms with Gasteiger partial charge in [0.15, 0.2) is 5.78 Å². The van der Waals surface area contributed by atoms with E-state index in [0.717, 1.165) is 19.3 Å². The number of carbonyl (C=O) groups is 1. The van der Waals surface area contributed by atoms with Crippen molar-refractivity contribution in [1.82, 2.24) is 4.31 Å². The van der Waals surface area contributed by atoms with Crippen molar-refractivity contribution in [3.8, 4) is 0 Å². The largest absolute Gasteiger partial charge is 0.295 e. The highest BCUT2D eigenvalue weighted by molar-refractivity contribution is 9.11. The van der Waals surface area contributed by atoms with Crippen LogP contribution in [0, 0.1) is 11.8 Å². The average molecular weight is 424 g/mol. The standard InChI is InChI=1S/C19H22BrNO3S/c1-14(22)15-6-8-17(9-7-15)25(23,24)21-12-10-16(11-13-21)18-4-2-3-5-19(18)20/h2,4-9,16,18H,3,10-13H2,1H3. The number of ketones is 1. The monoisotopic (exact) mass is 423 g/mol. The number of nitrogens with zero attached hydrogens (tertiary/aromatic N) is 1. The molecule has 0 radical (unpaired) electrons. The van der Waals surface area contributed by atoms with E-state index in [0.29, 0.717) is 30.5 Å². The molecule has 0 saturated carbocycles. The van der Waals surface area contributed by atoms with Gasteiger partial charge in [-0.1, -0.05) is 46.3 Å². The first-order chi connectivity index (χ1) is 11.9. The molecule has 1 aromatic rings. The Labute approximate surface area is 157 Å². The third-order valence-corrected chi connectivity index (χ3v) is 7.78. The van der Waals surface area contributed by atoms with Crippen molar-refractivity contribution in [1.29, 1.82) is 0 Å². The zero-order chi connectivity index (χ0) is 18.0. The normalized spacial score (nSPS) is 22.6. The van der Waals surface area contributed by atoms with Crippen LogP contribution in [0.2, 0.25) is 0 Å². The predicted molar refractivity (Wildman–Crippen MR) is 102 cm³/mol. The summed E-state index contributed by atoms with van der Waals surface area (Å²) in [7, 11) is -3.49. The number of rotatable bonds is 4. The van der Waals surface area contributed by atoms with Crippen LogP contribution >= 0.6 is 15.9 Å². The van der Waals surface area contributed by atoms with Gasteiger partial charge in [0.1, 0.15) is 0 Å². The molecule has 0 bridgehead atoms. The molecule has 1 unspecified atom stereocenters. The molecule has 4 nitrogen and oxygen atoms in total. The fraction of sp³-hybridized carbons (Fsp3) is 0.421. The minimum absolute atomic E-state index is 0.0658. The SMILES string of the molecule is CC(=O)c1ccc(S(=O)(=O)N2CCC(C3C=CCC=C3Br)CC2)cc1. The lowest BCUT2D eigenvalue weighted by Gasteiger charge is -2.35. The molecule has 1 saturated heterocycles. The molecule has 2 aliphatic rings. The second-order valence-electron chi connectivity index (χ2n) is 6.60. The fourth-order valence-corrected chi connectivity index (χ4v) is 5.69. The van der Waals surface area contributed by atoms with Crippen molar-refractivity contribution in [2.75, 3.05) is 13.1 Å². The predicted octanol–water partition coefficient (Wildman–Crippen LogP) is 4.14. The minimum Gasteiger partial charge on any atom is -0.295 e. The van der Waals surface area contributed by atoms with Gasteiger partial charge in [-0.15, -0.1) is 0 Å². The maximum atomic E-state index is 12.8. The molecule has 0 aromatic heterocycles. The molecular formula is C19H22BrNO3S. The first kappa shape index (κ1) is 18.5. The lowest BCUT2D eigenvalue weighted by atomic mass is 9.83. The Morgan fingerprint density at radius 1 is 1.16 bits per heavy atom. The summed E-state index contributed by atoms with van der Waals surface area (Å²) < 4.78 is 28.4. The molecule has 6 heteroatoms. The van der Waals surface area contributed by atoms with Crippen LogP contribution in [0.15, 0.2) is 51.9 Å². The number of sulfonamides is 1. The van der Waals surface area contributed by atoms with Gasteiger partial charge in [0.25, 0.3) is 0 Å². The summed E-state index contributed by atoms with van der Waals surface area (Å²) in [6, 6.07) is 6.22. The van der Waals surface area contributed by atoms with Gasteiger partial charge in [-0.2, -0.15) is 4.31 Å². The lowest BCUT2D eigenvalue weighted by Crippen LogP contribution is -2.40. The molecule has 1 fully saturated rings. The topological polar surface area (TPSA) is 54.5 Å². The summed E-state index contributed by atoms with van der Waals surface area (Å²) >= 11 is 3.65. The number of Topliss-reactive ketones (excluding diaryl/α,β-unsaturated/α-hetero) is 1. The van der Waals surface area contributed by atoms with Gasteiger partial charge in [-0.05, 0) is 48.7 Å². The average Bonchev–Trinajstić information content (AvgIpc) is 2.62. The summed E-state index contributed by atoms with van der Waals surface area (Å²) in [5.74, 6) is 0.770. The molecule has 3 rings (SSSR count). The Hall–Kier alpha value is -1.24. The zero-order valence-electron chi connectivity index (χ0n) is 14.2. The fourth-order valence-electron chi connectivity index (χ4n) is 3.50. The van der Waals surface area contributed by atoms with Crippen molar-refractivity contribution in [3.05, 3.63) is 52.5 Å². The van der Waals surface area contributed by atoms with Crippen LogP contribution in [0.1, 0.15) is 36.5 Å². The van der Waals surface area contributed by atoms with E-state index in [2.05, 4.69) is 34.2 Å². The molecule has 1 aliphatic carbocycles. The van der Waals surface area contributed by atoms with Crippen LogP contribution < -0.4 is 0 Å². The molecule has 1 aromatic carbocycles. The van der Waals surface area contributed by atoms with Crippen LogP contribution in [0.25, 0.3) is 0 Å². The molecule has 1 aliphatic heterocycles. The second kappa shape index (κ2) is 7.56. The highest BCUT2D eigenvalue weighted by Crippen LogP contribution is 2.37. The Morgan fingerprint density at radius 2 is 1.80 bits per heavy atom. The van der Waals surface area contributed by atoms with E-state index in [4.69, 9.17) is 0 Å². The highest BCUT2D eigenvalue weighted by atomic mass is 79.9. The number of allylic oxidation sites excluding steroid dienone is 4. The lowest BCUT2D eigenvalue weighted by molar-refractivity contribution is 0.101. The Bertz CT molecular complexity index is 804. The molecule has 0 spiro atoms. The third-order valence-electron chi connectivity index (χ3n) is 5.02. The van der Waals surface area contributed by atoms with Gasteiger partial charge in [-0.3, -0.25) is 4.79 Å². The van der Waals surface area contributed by atoms with Crippen molar-refractivity contribution >= 4 is 31.7 Å². The number of hydrogen-bond donors (Lipinski definition) is 0. The van der Waals surface area contributed by atoms with Crippen molar-refractivity contribution in [2.45, 2.75) is 31.1 Å². The Morgan fingerprint density at radius 3 is 2.36 bits per heavy atom. The second-order valence-corrected chi connectivity index (χ2v) is 9.45. The summed E-state index contributed by atoms with van der Waals surface area (Å²) in [5.41, 5.74) is 0.526. The Balaban J connectivity index is 1.69. The Kier molecular flexibility index (Phi) is 5.61. The number of benzene rings is 1. The molecule has 1 heterocycles. The van der Waals surface area contributed by atoms with E-state index >= 15 is 0 Å². The van der Waals surface area contributed by atoms with Gasteiger partial charge in [0.05, 0.1) is 4.90 Å². The first-order valence-electron chi connectivity index (χ1n) is 8.53. The van der Waals surface area contributed by atoms with Gasteiger partial charge in [0, 0.05) is 24.6 Å². The summed E-state index contributed by atoms with van der Waals surface area (Å²) in [6.45, 7) is 2.54. The number of piperidine rings is 1. The van der Waals surface area contributed by atoms with Crippen LogP contribution in [-0.4, -0.2) is 31.6 Å². The maximum Gasteiger partial charge on any atom is 0.243 e. The number of hydrogen-bond acceptors (Lipinski definition) is 3. The molecule has 0 N–H and O–H groups in total. The van der Waals surface area contributed by atoms with Gasteiger partial charge < -0.3 is 0 Å². The van der Waals surface area contributed by atoms with E-state index in [-0.39, 0.29) is 10.7 Å². The van der Waals surface area contributed by atoms with E-state index in [1.54, 1.807) is 16.4 Å². The zero-order valence-corrected chi connectivity index (χ0v) is 16.6. The van der Waals surface area contributed by atoms with Gasteiger partial charge in [0.2, 0.25) is 10.0 Å². The molecular weight excluding hydrogens is 402 g/mol. The molecule has 1 atom stereocenters. The molecule has 25 heavy (non-hydrogen) atoms. The van der Waals surface area contributed by atoms with Gasteiger partial charge >= 0.3 is 0 Å². The van der Waals surface area contributed by atoms with E-state index < -0.39 is 10.0 Å². The minimum atomic E-state index is -3.49. The highest BCUT2D eigenvalue weighted by Gasteiger charge is 2.33.